The summed E-state index contributed by atoms with van der Waals surface area (Å²) in [5.41, 5.74) is 3.61. The third kappa shape index (κ3) is 4.52. The summed E-state index contributed by atoms with van der Waals surface area (Å²) in [6.45, 7) is 6.97. The lowest BCUT2D eigenvalue weighted by molar-refractivity contribution is 0.0674. The number of aromatic nitrogens is 2. The first-order valence-electron chi connectivity index (χ1n) is 10.6. The van der Waals surface area contributed by atoms with E-state index in [4.69, 9.17) is 4.52 Å². The van der Waals surface area contributed by atoms with Gasteiger partial charge in [0.25, 0.3) is 10.0 Å². The predicted molar refractivity (Wildman–Crippen MR) is 121 cm³/mol. The van der Waals surface area contributed by atoms with Gasteiger partial charge in [0.2, 0.25) is 5.82 Å². The highest BCUT2D eigenvalue weighted by molar-refractivity contribution is 7.92. The van der Waals surface area contributed by atoms with Crippen LogP contribution < -0.4 is 4.72 Å². The van der Waals surface area contributed by atoms with E-state index in [-0.39, 0.29) is 22.5 Å². The molecule has 32 heavy (non-hydrogen) atoms. The van der Waals surface area contributed by atoms with Gasteiger partial charge in [0.15, 0.2) is 0 Å². The Balaban J connectivity index is 1.60. The molecule has 0 bridgehead atoms. The van der Waals surface area contributed by atoms with Crippen molar-refractivity contribution in [3.05, 3.63) is 59.0 Å². The number of aryl methyl sites for hydroxylation is 3. The van der Waals surface area contributed by atoms with Crippen molar-refractivity contribution >= 4 is 21.6 Å². The van der Waals surface area contributed by atoms with E-state index in [2.05, 4.69) is 14.9 Å². The van der Waals surface area contributed by atoms with Gasteiger partial charge >= 0.3 is 11.8 Å². The van der Waals surface area contributed by atoms with E-state index in [0.29, 0.717) is 29.9 Å². The second-order valence-electron chi connectivity index (χ2n) is 8.16. The quantitative estimate of drug-likeness (QED) is 0.623. The standard InChI is InChI=1S/C23H26N4O4S/c1-15-8-10-19(13-17(15)3)26-32(29,30)20-14-18(9-7-16(20)2)21-24-22(31-25-21)23(28)27-11-5-4-6-12-27/h7-10,13-14,26H,4-6,11-12H2,1-3H3. The summed E-state index contributed by atoms with van der Waals surface area (Å²) in [6, 6.07) is 10.3. The summed E-state index contributed by atoms with van der Waals surface area (Å²) in [6.07, 6.45) is 3.02. The number of sulfonamides is 1. The topological polar surface area (TPSA) is 105 Å². The number of carbonyl (C=O) groups excluding carboxylic acids is 1. The molecule has 0 unspecified atom stereocenters. The molecule has 2 heterocycles. The zero-order chi connectivity index (χ0) is 22.9. The number of likely N-dealkylation sites (tertiary alicyclic amines) is 1. The molecule has 1 fully saturated rings. The molecular formula is C23H26N4O4S. The van der Waals surface area contributed by atoms with Crippen molar-refractivity contribution in [2.24, 2.45) is 0 Å². The highest BCUT2D eigenvalue weighted by Gasteiger charge is 2.25. The van der Waals surface area contributed by atoms with Crippen LogP contribution in [0, 0.1) is 20.8 Å². The number of benzene rings is 2. The molecule has 0 saturated carbocycles. The van der Waals surface area contributed by atoms with Crippen LogP contribution in [0.3, 0.4) is 0 Å². The molecule has 1 aromatic heterocycles. The summed E-state index contributed by atoms with van der Waals surface area (Å²) in [4.78, 5) is 18.7. The number of hydrogen-bond acceptors (Lipinski definition) is 6. The van der Waals surface area contributed by atoms with Gasteiger partial charge in [-0.2, -0.15) is 4.98 Å². The molecule has 1 aliphatic heterocycles. The van der Waals surface area contributed by atoms with Crippen LogP contribution in [-0.2, 0) is 10.0 Å². The van der Waals surface area contributed by atoms with Gasteiger partial charge in [0.1, 0.15) is 0 Å². The van der Waals surface area contributed by atoms with Gasteiger partial charge in [-0.3, -0.25) is 9.52 Å². The molecule has 1 aliphatic rings. The molecule has 2 aromatic carbocycles. The van der Waals surface area contributed by atoms with E-state index in [0.717, 1.165) is 30.4 Å². The number of rotatable bonds is 5. The Kier molecular flexibility index (Phi) is 6.01. The van der Waals surface area contributed by atoms with Crippen molar-refractivity contribution in [2.45, 2.75) is 44.9 Å². The van der Waals surface area contributed by atoms with Crippen LogP contribution >= 0.6 is 0 Å². The summed E-state index contributed by atoms with van der Waals surface area (Å²) >= 11 is 0. The van der Waals surface area contributed by atoms with E-state index < -0.39 is 10.0 Å². The van der Waals surface area contributed by atoms with Crippen LogP contribution in [0.4, 0.5) is 5.69 Å². The fourth-order valence-electron chi connectivity index (χ4n) is 3.70. The van der Waals surface area contributed by atoms with Gasteiger partial charge in [0, 0.05) is 24.3 Å². The molecule has 0 spiro atoms. The molecule has 0 aliphatic carbocycles. The number of amides is 1. The maximum Gasteiger partial charge on any atom is 0.316 e. The lowest BCUT2D eigenvalue weighted by atomic mass is 10.1. The third-order valence-electron chi connectivity index (χ3n) is 5.75. The van der Waals surface area contributed by atoms with Crippen molar-refractivity contribution in [1.29, 1.82) is 0 Å². The van der Waals surface area contributed by atoms with Crippen molar-refractivity contribution in [2.75, 3.05) is 17.8 Å². The summed E-state index contributed by atoms with van der Waals surface area (Å²) in [5.74, 6) is -0.201. The van der Waals surface area contributed by atoms with E-state index in [1.165, 1.54) is 6.07 Å². The first-order chi connectivity index (χ1) is 15.2. The first-order valence-corrected chi connectivity index (χ1v) is 12.1. The molecule has 4 rings (SSSR count). The Bertz CT molecular complexity index is 1260. The fraction of sp³-hybridized carbons (Fsp3) is 0.348. The number of nitrogens with one attached hydrogen (secondary N) is 1. The molecule has 8 nitrogen and oxygen atoms in total. The maximum absolute atomic E-state index is 13.1. The van der Waals surface area contributed by atoms with Crippen molar-refractivity contribution in [1.82, 2.24) is 15.0 Å². The average molecular weight is 455 g/mol. The van der Waals surface area contributed by atoms with Crippen LogP contribution in [0.2, 0.25) is 0 Å². The minimum Gasteiger partial charge on any atom is -0.334 e. The number of anilines is 1. The van der Waals surface area contributed by atoms with Gasteiger partial charge in [0.05, 0.1) is 4.90 Å². The van der Waals surface area contributed by atoms with Gasteiger partial charge < -0.3 is 9.42 Å². The minimum atomic E-state index is -3.84. The number of carbonyl (C=O) groups is 1. The van der Waals surface area contributed by atoms with Crippen molar-refractivity contribution < 1.29 is 17.7 Å². The third-order valence-corrected chi connectivity index (χ3v) is 7.27. The molecule has 1 saturated heterocycles. The summed E-state index contributed by atoms with van der Waals surface area (Å²) in [7, 11) is -3.84. The van der Waals surface area contributed by atoms with E-state index in [1.807, 2.05) is 19.9 Å². The highest BCUT2D eigenvalue weighted by atomic mass is 32.2. The molecular weight excluding hydrogens is 428 g/mol. The van der Waals surface area contributed by atoms with Crippen LogP contribution in [-0.4, -0.2) is 42.5 Å². The van der Waals surface area contributed by atoms with Crippen LogP contribution in [0.1, 0.15) is 46.6 Å². The van der Waals surface area contributed by atoms with Gasteiger partial charge in [-0.1, -0.05) is 23.4 Å². The molecule has 9 heteroatoms. The molecule has 1 amide bonds. The number of hydrogen-bond donors (Lipinski definition) is 1. The van der Waals surface area contributed by atoms with E-state index >= 15 is 0 Å². The van der Waals surface area contributed by atoms with E-state index in [9.17, 15) is 13.2 Å². The van der Waals surface area contributed by atoms with Gasteiger partial charge in [-0.25, -0.2) is 8.42 Å². The fourth-order valence-corrected chi connectivity index (χ4v) is 5.02. The predicted octanol–water partition coefficient (Wildman–Crippen LogP) is 4.09. The highest BCUT2D eigenvalue weighted by Crippen LogP contribution is 2.26. The normalized spacial score (nSPS) is 14.4. The molecule has 3 aromatic rings. The van der Waals surface area contributed by atoms with Crippen molar-refractivity contribution in [3.8, 4) is 11.4 Å². The SMILES string of the molecule is Cc1ccc(NS(=O)(=O)c2cc(-c3noc(C(=O)N4CCCCC4)n3)ccc2C)cc1C. The lowest BCUT2D eigenvalue weighted by Gasteiger charge is -2.24. The molecule has 0 radical (unpaired) electrons. The Morgan fingerprint density at radius 1 is 0.969 bits per heavy atom. The van der Waals surface area contributed by atoms with Gasteiger partial charge in [-0.05, 0) is 74.9 Å². The number of piperidine rings is 1. The Morgan fingerprint density at radius 2 is 1.69 bits per heavy atom. The Hall–Kier alpha value is -3.20. The smallest absolute Gasteiger partial charge is 0.316 e. The first kappa shape index (κ1) is 22.0. The average Bonchev–Trinajstić information content (AvgIpc) is 3.26. The van der Waals surface area contributed by atoms with E-state index in [1.54, 1.807) is 36.1 Å². The largest absolute Gasteiger partial charge is 0.334 e. The Morgan fingerprint density at radius 3 is 2.41 bits per heavy atom. The summed E-state index contributed by atoms with van der Waals surface area (Å²) in [5, 5.41) is 3.91. The molecule has 0 atom stereocenters. The minimum absolute atomic E-state index is 0.0832. The van der Waals surface area contributed by atoms with Gasteiger partial charge in [-0.15, -0.1) is 0 Å². The van der Waals surface area contributed by atoms with Crippen molar-refractivity contribution in [3.63, 3.8) is 0 Å². The summed E-state index contributed by atoms with van der Waals surface area (Å²) < 4.78 is 34.0. The second kappa shape index (κ2) is 8.74. The van der Waals surface area contributed by atoms with Crippen LogP contribution in [0.25, 0.3) is 11.4 Å². The lowest BCUT2D eigenvalue weighted by Crippen LogP contribution is -2.35. The molecule has 1 N–H and O–H groups in total. The zero-order valence-corrected chi connectivity index (χ0v) is 19.2. The zero-order valence-electron chi connectivity index (χ0n) is 18.4. The second-order valence-corrected chi connectivity index (χ2v) is 9.81. The molecule has 168 valence electrons. The number of nitrogens with zero attached hydrogens (tertiary/aromatic N) is 3. The van der Waals surface area contributed by atoms with Crippen LogP contribution in [0.5, 0.6) is 0 Å². The Labute approximate surface area is 187 Å². The monoisotopic (exact) mass is 454 g/mol. The maximum atomic E-state index is 13.1. The van der Waals surface area contributed by atoms with Crippen LogP contribution in [0.15, 0.2) is 45.8 Å².